The van der Waals surface area contributed by atoms with Crippen LogP contribution in [0, 0.1) is 10.1 Å². The van der Waals surface area contributed by atoms with E-state index in [0.717, 1.165) is 11.3 Å². The van der Waals surface area contributed by atoms with E-state index in [1.54, 1.807) is 30.6 Å². The third kappa shape index (κ3) is 5.22. The molecule has 8 heteroatoms. The van der Waals surface area contributed by atoms with Crippen molar-refractivity contribution in [2.75, 3.05) is 5.32 Å². The molecule has 1 N–H and O–H groups in total. The molecule has 27 heavy (non-hydrogen) atoms. The van der Waals surface area contributed by atoms with Crippen LogP contribution in [0.2, 0.25) is 5.02 Å². The van der Waals surface area contributed by atoms with E-state index in [2.05, 4.69) is 10.3 Å². The molecule has 0 aliphatic carbocycles. The predicted octanol–water partition coefficient (Wildman–Crippen LogP) is 5.42. The van der Waals surface area contributed by atoms with Gasteiger partial charge in [-0.3, -0.25) is 15.1 Å². The number of nitrogens with one attached hydrogen (secondary N) is 1. The molecule has 0 aliphatic rings. The summed E-state index contributed by atoms with van der Waals surface area (Å²) in [6.45, 7) is 0. The zero-order chi connectivity index (χ0) is 19.2. The molecule has 0 unspecified atom stereocenters. The van der Waals surface area contributed by atoms with Crippen LogP contribution in [0.3, 0.4) is 0 Å². The van der Waals surface area contributed by atoms with Gasteiger partial charge >= 0.3 is 0 Å². The molecule has 3 rings (SSSR count). The topological polar surface area (TPSA) is 77.3 Å². The average molecular weight is 400 g/mol. The highest BCUT2D eigenvalue weighted by atomic mass is 35.5. The van der Waals surface area contributed by atoms with Gasteiger partial charge in [-0.15, -0.1) is 0 Å². The summed E-state index contributed by atoms with van der Waals surface area (Å²) in [7, 11) is 0. The smallest absolute Gasteiger partial charge is 0.269 e. The number of anilines is 1. The number of nitro benzene ring substituents is 1. The van der Waals surface area contributed by atoms with E-state index in [9.17, 15) is 10.1 Å². The van der Waals surface area contributed by atoms with Crippen LogP contribution in [0.15, 0.2) is 67.0 Å². The molecule has 0 bridgehead atoms. The number of nitro groups is 1. The number of hydrogen-bond donors (Lipinski definition) is 1. The molecule has 0 amide bonds. The molecule has 0 atom stereocenters. The van der Waals surface area contributed by atoms with Crippen LogP contribution in [0.4, 0.5) is 11.4 Å². The number of hydrogen-bond acceptors (Lipinski definition) is 5. The van der Waals surface area contributed by atoms with Gasteiger partial charge in [0.1, 0.15) is 11.5 Å². The van der Waals surface area contributed by atoms with E-state index in [4.69, 9.17) is 28.6 Å². The number of ether oxygens (including phenoxy) is 1. The molecule has 6 nitrogen and oxygen atoms in total. The van der Waals surface area contributed by atoms with E-state index < -0.39 is 4.92 Å². The third-order valence-electron chi connectivity index (χ3n) is 3.62. The molecular formula is C19H14ClN3O3S. The maximum atomic E-state index is 10.7. The Bertz CT molecular complexity index is 963. The van der Waals surface area contributed by atoms with Gasteiger partial charge in [0.05, 0.1) is 20.6 Å². The number of aromatic nitrogens is 1. The van der Waals surface area contributed by atoms with Crippen molar-refractivity contribution in [3.63, 3.8) is 0 Å². The van der Waals surface area contributed by atoms with Crippen molar-refractivity contribution in [2.24, 2.45) is 0 Å². The Morgan fingerprint density at radius 1 is 1.11 bits per heavy atom. The Balaban J connectivity index is 1.59. The number of benzene rings is 2. The summed E-state index contributed by atoms with van der Waals surface area (Å²) in [6.07, 6.45) is 3.74. The highest BCUT2D eigenvalue weighted by molar-refractivity contribution is 7.80. The van der Waals surface area contributed by atoms with Gasteiger partial charge in [0.15, 0.2) is 0 Å². The molecule has 0 radical (unpaired) electrons. The van der Waals surface area contributed by atoms with Gasteiger partial charge in [0, 0.05) is 30.9 Å². The molecule has 1 heterocycles. The fourth-order valence-electron chi connectivity index (χ4n) is 2.30. The minimum Gasteiger partial charge on any atom is -0.457 e. The second-order valence-corrected chi connectivity index (χ2v) is 6.48. The number of pyridine rings is 1. The first kappa shape index (κ1) is 18.8. The summed E-state index contributed by atoms with van der Waals surface area (Å²) < 4.78 is 5.69. The van der Waals surface area contributed by atoms with Gasteiger partial charge in [0.25, 0.3) is 5.69 Å². The lowest BCUT2D eigenvalue weighted by Crippen LogP contribution is -2.12. The van der Waals surface area contributed by atoms with Crippen molar-refractivity contribution < 1.29 is 9.66 Å². The summed E-state index contributed by atoms with van der Waals surface area (Å²) in [5.41, 5.74) is 1.75. The highest BCUT2D eigenvalue weighted by Crippen LogP contribution is 2.24. The predicted molar refractivity (Wildman–Crippen MR) is 109 cm³/mol. The number of non-ortho nitro benzene ring substituents is 1. The van der Waals surface area contributed by atoms with Crippen molar-refractivity contribution in [3.8, 4) is 11.5 Å². The largest absolute Gasteiger partial charge is 0.457 e. The van der Waals surface area contributed by atoms with Crippen LogP contribution in [0.5, 0.6) is 11.5 Å². The second kappa shape index (κ2) is 8.57. The molecule has 2 aromatic carbocycles. The first-order valence-corrected chi connectivity index (χ1v) is 8.70. The van der Waals surface area contributed by atoms with Crippen LogP contribution in [0.1, 0.15) is 5.56 Å². The molecule has 1 aromatic heterocycles. The summed E-state index contributed by atoms with van der Waals surface area (Å²) >= 11 is 11.4. The van der Waals surface area contributed by atoms with Crippen molar-refractivity contribution >= 4 is 40.2 Å². The molecule has 0 saturated carbocycles. The lowest BCUT2D eigenvalue weighted by Gasteiger charge is -2.10. The summed E-state index contributed by atoms with van der Waals surface area (Å²) in [5, 5.41) is 14.3. The summed E-state index contributed by atoms with van der Waals surface area (Å²) in [5.74, 6) is 1.15. The second-order valence-electron chi connectivity index (χ2n) is 5.58. The van der Waals surface area contributed by atoms with Crippen LogP contribution in [0.25, 0.3) is 0 Å². The average Bonchev–Trinajstić information content (AvgIpc) is 2.66. The van der Waals surface area contributed by atoms with Gasteiger partial charge in [-0.1, -0.05) is 36.0 Å². The van der Waals surface area contributed by atoms with Gasteiger partial charge in [-0.25, -0.2) is 0 Å². The van der Waals surface area contributed by atoms with Gasteiger partial charge in [0.2, 0.25) is 0 Å². The molecule has 0 fully saturated rings. The van der Waals surface area contributed by atoms with Gasteiger partial charge in [-0.2, -0.15) is 0 Å². The maximum Gasteiger partial charge on any atom is 0.269 e. The van der Waals surface area contributed by atoms with E-state index >= 15 is 0 Å². The zero-order valence-electron chi connectivity index (χ0n) is 14.0. The first-order valence-electron chi connectivity index (χ1n) is 7.92. The lowest BCUT2D eigenvalue weighted by molar-refractivity contribution is -0.384. The lowest BCUT2D eigenvalue weighted by atomic mass is 10.1. The van der Waals surface area contributed by atoms with E-state index in [1.807, 2.05) is 24.3 Å². The normalized spacial score (nSPS) is 10.3. The first-order chi connectivity index (χ1) is 13.0. The zero-order valence-corrected chi connectivity index (χ0v) is 15.5. The Hall–Kier alpha value is -3.03. The van der Waals surface area contributed by atoms with E-state index in [-0.39, 0.29) is 5.69 Å². The Morgan fingerprint density at radius 3 is 2.33 bits per heavy atom. The monoisotopic (exact) mass is 399 g/mol. The van der Waals surface area contributed by atoms with E-state index in [0.29, 0.717) is 27.9 Å². The van der Waals surface area contributed by atoms with Crippen LogP contribution >= 0.6 is 23.8 Å². The number of thiocarbonyl (C=S) groups is 1. The molecule has 0 spiro atoms. The van der Waals surface area contributed by atoms with Crippen LogP contribution in [-0.2, 0) is 6.42 Å². The summed E-state index contributed by atoms with van der Waals surface area (Å²) in [6, 6.07) is 15.1. The maximum absolute atomic E-state index is 10.7. The van der Waals surface area contributed by atoms with Crippen LogP contribution < -0.4 is 10.1 Å². The fourth-order valence-corrected chi connectivity index (χ4v) is 2.75. The number of nitrogens with zero attached hydrogens (tertiary/aromatic N) is 2. The molecule has 0 aliphatic heterocycles. The fraction of sp³-hybridized carbons (Fsp3) is 0.0526. The minimum atomic E-state index is -0.450. The van der Waals surface area contributed by atoms with Crippen molar-refractivity contribution in [1.29, 1.82) is 0 Å². The molecular weight excluding hydrogens is 386 g/mol. The summed E-state index contributed by atoms with van der Waals surface area (Å²) in [4.78, 5) is 14.8. The van der Waals surface area contributed by atoms with Crippen LogP contribution in [-0.4, -0.2) is 14.9 Å². The van der Waals surface area contributed by atoms with Crippen molar-refractivity contribution in [1.82, 2.24) is 4.98 Å². The van der Waals surface area contributed by atoms with Crippen molar-refractivity contribution in [2.45, 2.75) is 6.42 Å². The van der Waals surface area contributed by atoms with E-state index in [1.165, 1.54) is 12.1 Å². The van der Waals surface area contributed by atoms with Gasteiger partial charge < -0.3 is 10.1 Å². The van der Waals surface area contributed by atoms with Gasteiger partial charge in [-0.05, 0) is 35.9 Å². The molecule has 3 aromatic rings. The Morgan fingerprint density at radius 2 is 1.74 bits per heavy atom. The third-order valence-corrected chi connectivity index (χ3v) is 4.17. The highest BCUT2D eigenvalue weighted by Gasteiger charge is 2.06. The minimum absolute atomic E-state index is 0.0213. The standard InChI is InChI=1S/C19H14ClN3O3S/c20-17-12-21-10-9-18(17)22-19(27)11-13-1-5-15(6-2-13)26-16-7-3-14(4-8-16)23(24)25/h1-10,12H,11H2,(H,21,22,27). The Kier molecular flexibility index (Phi) is 5.95. The number of halogens is 1. The van der Waals surface area contributed by atoms with Crippen molar-refractivity contribution in [3.05, 3.63) is 87.7 Å². The Labute approximate surface area is 165 Å². The quantitative estimate of drug-likeness (QED) is 0.339. The molecule has 0 saturated heterocycles. The number of rotatable bonds is 6. The molecule has 136 valence electrons. The SMILES string of the molecule is O=[N+]([O-])c1ccc(Oc2ccc(CC(=S)Nc3ccncc3Cl)cc2)cc1.